The van der Waals surface area contributed by atoms with Gasteiger partial charge in [-0.2, -0.15) is 13.2 Å². The number of benzene rings is 2. The van der Waals surface area contributed by atoms with E-state index in [0.29, 0.717) is 11.3 Å². The third-order valence-corrected chi connectivity index (χ3v) is 7.04. The lowest BCUT2D eigenvalue weighted by Gasteiger charge is -2.33. The second-order valence-electron chi connectivity index (χ2n) is 10.2. The summed E-state index contributed by atoms with van der Waals surface area (Å²) in [6.45, 7) is -1.72. The van der Waals surface area contributed by atoms with E-state index in [1.165, 1.54) is 6.20 Å². The molecule has 8 nitrogen and oxygen atoms in total. The maximum Gasteiger partial charge on any atom is 0.407 e. The fourth-order valence-electron chi connectivity index (χ4n) is 4.98. The summed E-state index contributed by atoms with van der Waals surface area (Å²) in [7, 11) is 0. The van der Waals surface area contributed by atoms with Crippen LogP contribution in [-0.4, -0.2) is 71.6 Å². The lowest BCUT2D eigenvalue weighted by Crippen LogP contribution is -2.53. The number of aromatic nitrogens is 1. The van der Waals surface area contributed by atoms with E-state index in [1.54, 1.807) is 0 Å². The van der Waals surface area contributed by atoms with Gasteiger partial charge in [0.15, 0.2) is 0 Å². The van der Waals surface area contributed by atoms with Gasteiger partial charge in [0.2, 0.25) is 5.91 Å². The summed E-state index contributed by atoms with van der Waals surface area (Å²) in [6, 6.07) is 18.7. The molecular formula is C30H32F4N4O4. The van der Waals surface area contributed by atoms with Crippen LogP contribution >= 0.6 is 0 Å². The first-order valence-corrected chi connectivity index (χ1v) is 13.5. The number of alkyl halides is 3. The first-order chi connectivity index (χ1) is 20.1. The number of hydrogen-bond donors (Lipinski definition) is 3. The Morgan fingerprint density at radius 2 is 1.71 bits per heavy atom. The molecule has 1 saturated heterocycles. The summed E-state index contributed by atoms with van der Waals surface area (Å²) in [5, 5.41) is 14.9. The average molecular weight is 589 g/mol. The number of nitrogens with zero attached hydrogens (tertiary/aromatic N) is 2. The van der Waals surface area contributed by atoms with Gasteiger partial charge in [-0.05, 0) is 24.0 Å². The Labute approximate surface area is 240 Å². The summed E-state index contributed by atoms with van der Waals surface area (Å²) in [5.41, 5.74) is 2.47. The quantitative estimate of drug-likeness (QED) is 0.266. The van der Waals surface area contributed by atoms with Crippen molar-refractivity contribution < 1.29 is 37.0 Å². The highest BCUT2D eigenvalue weighted by molar-refractivity contribution is 5.92. The molecule has 1 aliphatic rings. The van der Waals surface area contributed by atoms with E-state index in [9.17, 15) is 27.2 Å². The van der Waals surface area contributed by atoms with Crippen molar-refractivity contribution in [2.45, 2.75) is 43.5 Å². The van der Waals surface area contributed by atoms with Crippen molar-refractivity contribution in [1.29, 1.82) is 0 Å². The molecule has 2 heterocycles. The molecule has 1 aromatic heterocycles. The van der Waals surface area contributed by atoms with Crippen molar-refractivity contribution in [3.05, 3.63) is 95.6 Å². The maximum absolute atomic E-state index is 14.8. The van der Waals surface area contributed by atoms with Crippen molar-refractivity contribution in [3.8, 4) is 0 Å². The highest BCUT2D eigenvalue weighted by atomic mass is 19.4. The van der Waals surface area contributed by atoms with E-state index < -0.39 is 30.7 Å². The number of anilines is 1. The number of ether oxygens (including phenoxy) is 1. The zero-order valence-corrected chi connectivity index (χ0v) is 22.7. The molecule has 0 unspecified atom stereocenters. The van der Waals surface area contributed by atoms with Crippen molar-refractivity contribution in [3.63, 3.8) is 0 Å². The Morgan fingerprint density at radius 1 is 1.07 bits per heavy atom. The second kappa shape index (κ2) is 14.2. The number of pyridine rings is 1. The molecule has 0 bridgehead atoms. The lowest BCUT2D eigenvalue weighted by molar-refractivity contribution is -0.143. The minimum absolute atomic E-state index is 0.00488. The lowest BCUT2D eigenvalue weighted by atomic mass is 9.88. The van der Waals surface area contributed by atoms with Crippen LogP contribution in [0.4, 0.5) is 28.0 Å². The zero-order valence-electron chi connectivity index (χ0n) is 22.7. The summed E-state index contributed by atoms with van der Waals surface area (Å²) in [4.78, 5) is 28.6. The molecule has 2 atom stereocenters. The standard InChI is InChI=1S/C30H32F4N4O4/c31-26-15-35-16-27(37-28(39)13-25(20-7-3-1-4-8-20)21-9-5-2-6-10-21)24(26)12-11-23-14-36-22(18-42-23)17-38(29(40)41)19-30(32,33)34/h1-10,15-16,22-23,25,36H,11-14,17-19H2,(H,37,39)(H,40,41)/t22-,23+/m0/s1. The third kappa shape index (κ3) is 8.98. The monoisotopic (exact) mass is 588 g/mol. The largest absolute Gasteiger partial charge is 0.465 e. The summed E-state index contributed by atoms with van der Waals surface area (Å²) in [5.74, 6) is -1.09. The summed E-state index contributed by atoms with van der Waals surface area (Å²) < 4.78 is 58.7. The molecular weight excluding hydrogens is 556 g/mol. The van der Waals surface area contributed by atoms with Crippen LogP contribution in [0.2, 0.25) is 0 Å². The number of carbonyl (C=O) groups is 2. The van der Waals surface area contributed by atoms with Crippen LogP contribution < -0.4 is 10.6 Å². The van der Waals surface area contributed by atoms with Crippen molar-refractivity contribution in [2.24, 2.45) is 0 Å². The van der Waals surface area contributed by atoms with Crippen LogP contribution in [0.25, 0.3) is 0 Å². The van der Waals surface area contributed by atoms with Gasteiger partial charge in [0.25, 0.3) is 0 Å². The molecule has 0 spiro atoms. The molecule has 42 heavy (non-hydrogen) atoms. The van der Waals surface area contributed by atoms with Crippen LogP contribution in [-0.2, 0) is 16.0 Å². The molecule has 0 saturated carbocycles. The fourth-order valence-corrected chi connectivity index (χ4v) is 4.98. The molecule has 0 aliphatic carbocycles. The van der Waals surface area contributed by atoms with Gasteiger partial charge in [0, 0.05) is 37.0 Å². The van der Waals surface area contributed by atoms with Crippen LogP contribution in [0, 0.1) is 5.82 Å². The van der Waals surface area contributed by atoms with Gasteiger partial charge in [-0.3, -0.25) is 14.7 Å². The van der Waals surface area contributed by atoms with E-state index in [4.69, 9.17) is 9.84 Å². The van der Waals surface area contributed by atoms with Crippen molar-refractivity contribution >= 4 is 17.7 Å². The molecule has 3 aromatic rings. The number of amides is 2. The highest BCUT2D eigenvalue weighted by Crippen LogP contribution is 2.29. The Bertz CT molecular complexity index is 1280. The molecule has 12 heteroatoms. The third-order valence-electron chi connectivity index (χ3n) is 7.04. The predicted octanol–water partition coefficient (Wildman–Crippen LogP) is 5.21. The minimum Gasteiger partial charge on any atom is -0.465 e. The van der Waals surface area contributed by atoms with Crippen LogP contribution in [0.3, 0.4) is 0 Å². The Morgan fingerprint density at radius 3 is 2.26 bits per heavy atom. The normalized spacial score (nSPS) is 17.2. The summed E-state index contributed by atoms with van der Waals surface area (Å²) >= 11 is 0. The summed E-state index contributed by atoms with van der Waals surface area (Å²) in [6.07, 6.45) is -3.56. The van der Waals surface area contributed by atoms with Crippen LogP contribution in [0.5, 0.6) is 0 Å². The second-order valence-corrected chi connectivity index (χ2v) is 10.2. The van der Waals surface area contributed by atoms with Gasteiger partial charge < -0.3 is 20.5 Å². The van der Waals surface area contributed by atoms with Crippen molar-refractivity contribution in [1.82, 2.24) is 15.2 Å². The topological polar surface area (TPSA) is 104 Å². The van der Waals surface area contributed by atoms with E-state index in [-0.39, 0.29) is 61.7 Å². The van der Waals surface area contributed by atoms with Crippen LogP contribution in [0.15, 0.2) is 73.1 Å². The molecule has 2 amide bonds. The predicted molar refractivity (Wildman–Crippen MR) is 148 cm³/mol. The highest BCUT2D eigenvalue weighted by Gasteiger charge is 2.35. The van der Waals surface area contributed by atoms with Gasteiger partial charge in [-0.25, -0.2) is 9.18 Å². The Hall–Kier alpha value is -4.03. The molecule has 3 N–H and O–H groups in total. The average Bonchev–Trinajstić information content (AvgIpc) is 2.96. The molecule has 2 aromatic carbocycles. The van der Waals surface area contributed by atoms with E-state index in [2.05, 4.69) is 15.6 Å². The van der Waals surface area contributed by atoms with Crippen molar-refractivity contribution in [2.75, 3.05) is 31.6 Å². The number of morpholine rings is 1. The number of rotatable bonds is 11. The minimum atomic E-state index is -4.65. The van der Waals surface area contributed by atoms with E-state index in [0.717, 1.165) is 17.3 Å². The first-order valence-electron chi connectivity index (χ1n) is 13.5. The van der Waals surface area contributed by atoms with Gasteiger partial charge >= 0.3 is 12.3 Å². The Kier molecular flexibility index (Phi) is 10.5. The van der Waals surface area contributed by atoms with Gasteiger partial charge in [-0.15, -0.1) is 0 Å². The molecule has 1 fully saturated rings. The molecule has 0 radical (unpaired) electrons. The van der Waals surface area contributed by atoms with Gasteiger partial charge in [0.1, 0.15) is 12.4 Å². The number of hydrogen-bond acceptors (Lipinski definition) is 5. The van der Waals surface area contributed by atoms with Crippen LogP contribution in [0.1, 0.15) is 35.4 Å². The Balaban J connectivity index is 1.35. The smallest absolute Gasteiger partial charge is 0.407 e. The maximum atomic E-state index is 14.8. The van der Waals surface area contributed by atoms with E-state index in [1.807, 2.05) is 60.7 Å². The fraction of sp³-hybridized carbons (Fsp3) is 0.367. The van der Waals surface area contributed by atoms with Gasteiger partial charge in [0.05, 0.1) is 30.8 Å². The molecule has 4 rings (SSSR count). The SMILES string of the molecule is O=C(CC(c1ccccc1)c1ccccc1)Nc1cncc(F)c1CC[C@@H]1CN[C@@H](CN(CC(F)(F)F)C(=O)O)CO1. The molecule has 1 aliphatic heterocycles. The number of carbonyl (C=O) groups excluding carboxylic acids is 1. The van der Waals surface area contributed by atoms with E-state index >= 15 is 0 Å². The number of carboxylic acid groups (broad SMARTS) is 1. The number of halogens is 4. The molecule has 224 valence electrons. The zero-order chi connectivity index (χ0) is 30.1. The number of nitrogens with one attached hydrogen (secondary N) is 2. The van der Waals surface area contributed by atoms with Gasteiger partial charge in [-0.1, -0.05) is 60.7 Å². The first kappa shape index (κ1) is 30.9.